The van der Waals surface area contributed by atoms with Crippen molar-refractivity contribution in [2.75, 3.05) is 5.32 Å². The molecule has 134 valence electrons. The number of hydrogen-bond donors (Lipinski definition) is 2. The van der Waals surface area contributed by atoms with Crippen molar-refractivity contribution in [3.8, 4) is 0 Å². The Balaban J connectivity index is 1.60. The van der Waals surface area contributed by atoms with Crippen LogP contribution >= 0.6 is 11.3 Å². The lowest BCUT2D eigenvalue weighted by molar-refractivity contribution is -0.116. The van der Waals surface area contributed by atoms with E-state index < -0.39 is 17.5 Å². The normalized spacial score (nSPS) is 13.5. The molecule has 0 aliphatic heterocycles. The van der Waals surface area contributed by atoms with Crippen molar-refractivity contribution in [2.24, 2.45) is 5.73 Å². The fourth-order valence-corrected chi connectivity index (χ4v) is 4.60. The summed E-state index contributed by atoms with van der Waals surface area (Å²) in [6, 6.07) is 5.17. The average Bonchev–Trinajstić information content (AvgIpc) is 3.13. The molecule has 3 N–H and O–H groups in total. The van der Waals surface area contributed by atoms with Crippen molar-refractivity contribution < 1.29 is 9.59 Å². The number of hydrogen-bond acceptors (Lipinski definition) is 5. The van der Waals surface area contributed by atoms with E-state index in [9.17, 15) is 14.4 Å². The summed E-state index contributed by atoms with van der Waals surface area (Å²) in [6.45, 7) is -0.235. The highest BCUT2D eigenvalue weighted by Gasteiger charge is 2.25. The van der Waals surface area contributed by atoms with Gasteiger partial charge in [-0.3, -0.25) is 14.0 Å². The average molecular weight is 371 g/mol. The van der Waals surface area contributed by atoms with Crippen LogP contribution in [0.5, 0.6) is 0 Å². The Morgan fingerprint density at radius 3 is 2.85 bits per heavy atom. The number of aromatic nitrogens is 3. The number of pyridine rings is 1. The Labute approximate surface area is 152 Å². The molecule has 9 heteroatoms. The number of thiophene rings is 1. The number of rotatable bonds is 4. The van der Waals surface area contributed by atoms with Crippen LogP contribution in [0.1, 0.15) is 33.6 Å². The van der Waals surface area contributed by atoms with Gasteiger partial charge in [0.2, 0.25) is 5.91 Å². The summed E-state index contributed by atoms with van der Waals surface area (Å²) in [5.41, 5.74) is 6.96. The molecule has 26 heavy (non-hydrogen) atoms. The Hall–Kier alpha value is -2.94. The van der Waals surface area contributed by atoms with Gasteiger partial charge in [-0.1, -0.05) is 6.07 Å². The second-order valence-electron chi connectivity index (χ2n) is 6.20. The van der Waals surface area contributed by atoms with E-state index >= 15 is 0 Å². The van der Waals surface area contributed by atoms with Crippen molar-refractivity contribution >= 4 is 33.8 Å². The van der Waals surface area contributed by atoms with Gasteiger partial charge in [-0.05, 0) is 43.4 Å². The fraction of sp³-hybridized carbons (Fsp3) is 0.294. The van der Waals surface area contributed by atoms with Crippen LogP contribution in [0, 0.1) is 0 Å². The van der Waals surface area contributed by atoms with Crippen LogP contribution in [0.3, 0.4) is 0 Å². The summed E-state index contributed by atoms with van der Waals surface area (Å²) in [5.74, 6) is -0.957. The third-order valence-corrected chi connectivity index (χ3v) is 5.66. The highest BCUT2D eigenvalue weighted by atomic mass is 32.1. The van der Waals surface area contributed by atoms with Crippen molar-refractivity contribution in [3.63, 3.8) is 0 Å². The number of nitrogens with two attached hydrogens (primary N) is 1. The first-order valence-corrected chi connectivity index (χ1v) is 9.14. The molecule has 4 rings (SSSR count). The molecule has 0 saturated heterocycles. The minimum atomic E-state index is -0.537. The molecule has 2 amide bonds. The number of carbonyl (C=O) groups excluding carboxylic acids is 2. The lowest BCUT2D eigenvalue weighted by atomic mass is 9.95. The monoisotopic (exact) mass is 371 g/mol. The third kappa shape index (κ3) is 2.80. The quantitative estimate of drug-likeness (QED) is 0.717. The molecule has 3 heterocycles. The SMILES string of the molecule is NC(=O)c1c(NC(=O)Cn2nc3ccccn3c2=O)sc2c1CCCC2. The molecule has 0 radical (unpaired) electrons. The van der Waals surface area contributed by atoms with Crippen LogP contribution in [-0.4, -0.2) is 26.0 Å². The van der Waals surface area contributed by atoms with Gasteiger partial charge in [-0.15, -0.1) is 16.4 Å². The van der Waals surface area contributed by atoms with Gasteiger partial charge in [0.1, 0.15) is 11.5 Å². The van der Waals surface area contributed by atoms with Gasteiger partial charge in [-0.25, -0.2) is 9.48 Å². The minimum Gasteiger partial charge on any atom is -0.365 e. The van der Waals surface area contributed by atoms with Gasteiger partial charge >= 0.3 is 5.69 Å². The van der Waals surface area contributed by atoms with Crippen LogP contribution in [0.2, 0.25) is 0 Å². The van der Waals surface area contributed by atoms with E-state index in [1.807, 2.05) is 0 Å². The number of fused-ring (bicyclic) bond motifs is 2. The molecule has 1 aliphatic carbocycles. The number of amides is 2. The molecule has 1 aliphatic rings. The minimum absolute atomic E-state index is 0.235. The molecule has 0 unspecified atom stereocenters. The topological polar surface area (TPSA) is 111 Å². The fourth-order valence-electron chi connectivity index (χ4n) is 3.29. The van der Waals surface area contributed by atoms with E-state index in [0.717, 1.165) is 40.8 Å². The summed E-state index contributed by atoms with van der Waals surface area (Å²) >= 11 is 1.39. The molecule has 0 fully saturated rings. The van der Waals surface area contributed by atoms with E-state index in [1.54, 1.807) is 24.4 Å². The third-order valence-electron chi connectivity index (χ3n) is 4.45. The number of aryl methyl sites for hydroxylation is 1. The zero-order valence-corrected chi connectivity index (χ0v) is 14.7. The van der Waals surface area contributed by atoms with Gasteiger partial charge in [0.05, 0.1) is 5.56 Å². The van der Waals surface area contributed by atoms with E-state index in [1.165, 1.54) is 15.7 Å². The van der Waals surface area contributed by atoms with Crippen LogP contribution in [0.15, 0.2) is 29.2 Å². The van der Waals surface area contributed by atoms with Crippen LogP contribution in [-0.2, 0) is 24.2 Å². The van der Waals surface area contributed by atoms with E-state index in [-0.39, 0.29) is 6.54 Å². The predicted octanol–water partition coefficient (Wildman–Crippen LogP) is 1.17. The summed E-state index contributed by atoms with van der Waals surface area (Å²) in [6.07, 6.45) is 5.36. The zero-order chi connectivity index (χ0) is 18.3. The number of primary amides is 1. The first-order chi connectivity index (χ1) is 12.5. The van der Waals surface area contributed by atoms with Crippen LogP contribution in [0.4, 0.5) is 5.00 Å². The Bertz CT molecular complexity index is 1080. The Morgan fingerprint density at radius 2 is 2.08 bits per heavy atom. The second kappa shape index (κ2) is 6.41. The molecule has 8 nitrogen and oxygen atoms in total. The van der Waals surface area contributed by atoms with Crippen LogP contribution in [0.25, 0.3) is 5.65 Å². The first kappa shape index (κ1) is 16.5. The zero-order valence-electron chi connectivity index (χ0n) is 13.9. The second-order valence-corrected chi connectivity index (χ2v) is 7.30. The van der Waals surface area contributed by atoms with E-state index in [2.05, 4.69) is 10.4 Å². The summed E-state index contributed by atoms with van der Waals surface area (Å²) in [4.78, 5) is 37.7. The predicted molar refractivity (Wildman–Crippen MR) is 97.6 cm³/mol. The smallest absolute Gasteiger partial charge is 0.350 e. The summed E-state index contributed by atoms with van der Waals surface area (Å²) < 4.78 is 2.47. The maximum absolute atomic E-state index is 12.4. The van der Waals surface area contributed by atoms with E-state index in [4.69, 9.17) is 5.73 Å². The van der Waals surface area contributed by atoms with Gasteiger partial charge in [-0.2, -0.15) is 0 Å². The van der Waals surface area contributed by atoms with Gasteiger partial charge < -0.3 is 11.1 Å². The van der Waals surface area contributed by atoms with Gasteiger partial charge in [0, 0.05) is 11.1 Å². The Kier molecular flexibility index (Phi) is 4.08. The molecular formula is C17H17N5O3S. The largest absolute Gasteiger partial charge is 0.365 e. The van der Waals surface area contributed by atoms with Crippen LogP contribution < -0.4 is 16.7 Å². The number of nitrogens with one attached hydrogen (secondary N) is 1. The van der Waals surface area contributed by atoms with Crippen molar-refractivity contribution in [1.82, 2.24) is 14.2 Å². The Morgan fingerprint density at radius 1 is 1.27 bits per heavy atom. The van der Waals surface area contributed by atoms with Gasteiger partial charge in [0.15, 0.2) is 5.65 Å². The molecule has 3 aromatic heterocycles. The van der Waals surface area contributed by atoms with Crippen molar-refractivity contribution in [3.05, 3.63) is 50.9 Å². The van der Waals surface area contributed by atoms with E-state index in [0.29, 0.717) is 16.2 Å². The van der Waals surface area contributed by atoms with Crippen molar-refractivity contribution in [1.29, 1.82) is 0 Å². The number of nitrogens with zero attached hydrogens (tertiary/aromatic N) is 3. The highest BCUT2D eigenvalue weighted by molar-refractivity contribution is 7.17. The molecular weight excluding hydrogens is 354 g/mol. The summed E-state index contributed by atoms with van der Waals surface area (Å²) in [5, 5.41) is 7.34. The molecule has 0 spiro atoms. The first-order valence-electron chi connectivity index (χ1n) is 8.33. The van der Waals surface area contributed by atoms with Crippen molar-refractivity contribution in [2.45, 2.75) is 32.2 Å². The molecule has 0 bridgehead atoms. The standard InChI is InChI=1S/C17H17N5O3S/c18-15(24)14-10-5-1-2-6-11(10)26-16(14)19-13(23)9-22-17(25)21-8-4-3-7-12(21)20-22/h3-4,7-8H,1-2,5-6,9H2,(H2,18,24)(H,19,23). The van der Waals surface area contributed by atoms with Gasteiger partial charge in [0.25, 0.3) is 5.91 Å². The lowest BCUT2D eigenvalue weighted by Gasteiger charge is -2.11. The number of carbonyl (C=O) groups is 2. The molecule has 0 aromatic carbocycles. The number of anilines is 1. The molecule has 0 atom stereocenters. The highest BCUT2D eigenvalue weighted by Crippen LogP contribution is 2.37. The lowest BCUT2D eigenvalue weighted by Crippen LogP contribution is -2.28. The maximum Gasteiger partial charge on any atom is 0.350 e. The maximum atomic E-state index is 12.4. The molecule has 0 saturated carbocycles. The summed E-state index contributed by atoms with van der Waals surface area (Å²) in [7, 11) is 0. The molecule has 3 aromatic rings.